The molecule has 1 amide bonds. The molecule has 0 spiro atoms. The molecule has 4 aromatic rings. The Bertz CT molecular complexity index is 1060. The number of anilines is 1. The fraction of sp³-hybridized carbons (Fsp3) is 0.200. The number of hydrogen-bond acceptors (Lipinski definition) is 5. The first-order valence-corrected chi connectivity index (χ1v) is 10.5. The lowest BCUT2D eigenvalue weighted by atomic mass is 10.1. The van der Waals surface area contributed by atoms with Crippen LogP contribution in [0.3, 0.4) is 0 Å². The molecule has 0 bridgehead atoms. The van der Waals surface area contributed by atoms with Gasteiger partial charge in [0.2, 0.25) is 0 Å². The van der Waals surface area contributed by atoms with Gasteiger partial charge in [0.1, 0.15) is 5.58 Å². The Labute approximate surface area is 165 Å². The van der Waals surface area contributed by atoms with Gasteiger partial charge in [0.25, 0.3) is 5.91 Å². The SMILES string of the molecule is CC(C)c1cc(NC(=O)c2oc3ccccc3c2CSc2cccs2)n[nH]1. The summed E-state index contributed by atoms with van der Waals surface area (Å²) in [7, 11) is 0. The zero-order valence-electron chi connectivity index (χ0n) is 15.0. The van der Waals surface area contributed by atoms with E-state index in [1.807, 2.05) is 41.8 Å². The number of furan rings is 1. The summed E-state index contributed by atoms with van der Waals surface area (Å²) < 4.78 is 7.11. The van der Waals surface area contributed by atoms with Crippen molar-refractivity contribution in [1.82, 2.24) is 10.2 Å². The van der Waals surface area contributed by atoms with Crippen LogP contribution in [0.15, 0.2) is 56.5 Å². The summed E-state index contributed by atoms with van der Waals surface area (Å²) in [4.78, 5) is 12.9. The third-order valence-corrected chi connectivity index (χ3v) is 6.38. The molecule has 2 N–H and O–H groups in total. The Hall–Kier alpha value is -2.51. The van der Waals surface area contributed by atoms with Gasteiger partial charge in [-0.2, -0.15) is 5.10 Å². The van der Waals surface area contributed by atoms with Gasteiger partial charge in [-0.3, -0.25) is 9.89 Å². The zero-order chi connectivity index (χ0) is 18.8. The number of nitrogens with zero attached hydrogens (tertiary/aromatic N) is 1. The van der Waals surface area contributed by atoms with Gasteiger partial charge in [0.05, 0.1) is 4.21 Å². The molecule has 3 aromatic heterocycles. The lowest BCUT2D eigenvalue weighted by Crippen LogP contribution is -2.13. The van der Waals surface area contributed by atoms with Crippen molar-refractivity contribution in [2.75, 3.05) is 5.32 Å². The van der Waals surface area contributed by atoms with Crippen LogP contribution in [0.4, 0.5) is 5.82 Å². The highest BCUT2D eigenvalue weighted by atomic mass is 32.2. The Kier molecular flexibility index (Phi) is 5.05. The molecule has 0 saturated carbocycles. The molecule has 0 atom stereocenters. The van der Waals surface area contributed by atoms with Crippen molar-refractivity contribution in [3.63, 3.8) is 0 Å². The highest BCUT2D eigenvalue weighted by molar-refractivity contribution is 8.00. The molecular formula is C20H19N3O2S2. The molecule has 0 aliphatic rings. The predicted octanol–water partition coefficient (Wildman–Crippen LogP) is 5.89. The van der Waals surface area contributed by atoms with Crippen molar-refractivity contribution in [3.8, 4) is 0 Å². The fourth-order valence-corrected chi connectivity index (χ4v) is 4.60. The number of H-pyrrole nitrogens is 1. The van der Waals surface area contributed by atoms with Crippen LogP contribution in [-0.2, 0) is 5.75 Å². The number of carbonyl (C=O) groups excluding carboxylic acids is 1. The lowest BCUT2D eigenvalue weighted by Gasteiger charge is -2.03. The van der Waals surface area contributed by atoms with Crippen molar-refractivity contribution in [3.05, 3.63) is 64.9 Å². The molecule has 0 saturated heterocycles. The molecule has 0 aliphatic carbocycles. The minimum atomic E-state index is -0.283. The molecule has 138 valence electrons. The first-order chi connectivity index (χ1) is 13.1. The van der Waals surface area contributed by atoms with Crippen molar-refractivity contribution >= 4 is 45.8 Å². The van der Waals surface area contributed by atoms with E-state index in [2.05, 4.69) is 35.4 Å². The second-order valence-corrected chi connectivity index (χ2v) is 8.67. The minimum Gasteiger partial charge on any atom is -0.451 e. The van der Waals surface area contributed by atoms with Crippen LogP contribution < -0.4 is 5.32 Å². The quantitative estimate of drug-likeness (QED) is 0.398. The molecule has 5 nitrogen and oxygen atoms in total. The predicted molar refractivity (Wildman–Crippen MR) is 111 cm³/mol. The molecule has 0 aliphatic heterocycles. The van der Waals surface area contributed by atoms with E-state index in [9.17, 15) is 4.79 Å². The van der Waals surface area contributed by atoms with Crippen LogP contribution in [0.25, 0.3) is 11.0 Å². The van der Waals surface area contributed by atoms with Gasteiger partial charge >= 0.3 is 0 Å². The Balaban J connectivity index is 1.62. The molecule has 0 unspecified atom stereocenters. The highest BCUT2D eigenvalue weighted by Gasteiger charge is 2.21. The summed E-state index contributed by atoms with van der Waals surface area (Å²) in [6.07, 6.45) is 0. The van der Waals surface area contributed by atoms with Crippen LogP contribution in [0.2, 0.25) is 0 Å². The summed E-state index contributed by atoms with van der Waals surface area (Å²) in [6.45, 7) is 4.14. The number of benzene rings is 1. The summed E-state index contributed by atoms with van der Waals surface area (Å²) in [5.41, 5.74) is 2.60. The van der Waals surface area contributed by atoms with Crippen LogP contribution in [0, 0.1) is 0 Å². The third-order valence-electron chi connectivity index (χ3n) is 4.22. The van der Waals surface area contributed by atoms with Crippen LogP contribution >= 0.6 is 23.1 Å². The van der Waals surface area contributed by atoms with E-state index in [1.54, 1.807) is 23.1 Å². The van der Waals surface area contributed by atoms with Gasteiger partial charge in [-0.25, -0.2) is 0 Å². The second kappa shape index (κ2) is 7.62. The second-order valence-electron chi connectivity index (χ2n) is 6.44. The van der Waals surface area contributed by atoms with Gasteiger partial charge in [0.15, 0.2) is 11.6 Å². The molecule has 0 radical (unpaired) electrons. The van der Waals surface area contributed by atoms with Crippen LogP contribution in [0.5, 0.6) is 0 Å². The highest BCUT2D eigenvalue weighted by Crippen LogP contribution is 2.34. The summed E-state index contributed by atoms with van der Waals surface area (Å²) in [6, 6.07) is 13.7. The maximum atomic E-state index is 12.9. The Morgan fingerprint density at radius 2 is 2.15 bits per heavy atom. The van der Waals surface area contributed by atoms with E-state index in [-0.39, 0.29) is 5.91 Å². The van der Waals surface area contributed by atoms with E-state index in [0.29, 0.717) is 28.8 Å². The van der Waals surface area contributed by atoms with Gasteiger partial charge in [-0.15, -0.1) is 23.1 Å². The third kappa shape index (κ3) is 3.79. The number of fused-ring (bicyclic) bond motifs is 1. The lowest BCUT2D eigenvalue weighted by molar-refractivity contribution is 0.0997. The number of aromatic nitrogens is 2. The van der Waals surface area contributed by atoms with Crippen LogP contribution in [-0.4, -0.2) is 16.1 Å². The van der Waals surface area contributed by atoms with Gasteiger partial charge in [-0.1, -0.05) is 38.1 Å². The van der Waals surface area contributed by atoms with Gasteiger partial charge in [-0.05, 0) is 23.4 Å². The van der Waals surface area contributed by atoms with Crippen molar-refractivity contribution in [1.29, 1.82) is 0 Å². The summed E-state index contributed by atoms with van der Waals surface area (Å²) in [5.74, 6) is 1.54. The monoisotopic (exact) mass is 397 g/mol. The maximum Gasteiger partial charge on any atom is 0.292 e. The number of hydrogen-bond donors (Lipinski definition) is 2. The maximum absolute atomic E-state index is 12.9. The molecule has 1 aromatic carbocycles. The molecule has 27 heavy (non-hydrogen) atoms. The van der Waals surface area contributed by atoms with Crippen molar-refractivity contribution < 1.29 is 9.21 Å². The van der Waals surface area contributed by atoms with E-state index >= 15 is 0 Å². The Morgan fingerprint density at radius 3 is 2.89 bits per heavy atom. The average molecular weight is 398 g/mol. The van der Waals surface area contributed by atoms with Gasteiger partial charge < -0.3 is 9.73 Å². The standard InChI is InChI=1S/C20H19N3O2S2/c1-12(2)15-10-17(23-22-15)21-20(24)19-14(11-27-18-8-5-9-26-18)13-6-3-4-7-16(13)25-19/h3-10,12H,11H2,1-2H3,(H2,21,22,23,24). The first kappa shape index (κ1) is 17.9. The van der Waals surface area contributed by atoms with Crippen molar-refractivity contribution in [2.24, 2.45) is 0 Å². The summed E-state index contributed by atoms with van der Waals surface area (Å²) >= 11 is 3.39. The molecule has 4 rings (SSSR count). The smallest absolute Gasteiger partial charge is 0.292 e. The first-order valence-electron chi connectivity index (χ1n) is 8.65. The number of thioether (sulfide) groups is 1. The Morgan fingerprint density at radius 1 is 1.30 bits per heavy atom. The molecular weight excluding hydrogens is 378 g/mol. The topological polar surface area (TPSA) is 70.9 Å². The largest absolute Gasteiger partial charge is 0.451 e. The van der Waals surface area contributed by atoms with E-state index in [4.69, 9.17) is 4.42 Å². The molecule has 3 heterocycles. The molecule has 7 heteroatoms. The number of rotatable bonds is 6. The van der Waals surface area contributed by atoms with E-state index in [1.165, 1.54) is 4.21 Å². The number of para-hydroxylation sites is 1. The van der Waals surface area contributed by atoms with E-state index < -0.39 is 0 Å². The number of aromatic amines is 1. The fourth-order valence-electron chi connectivity index (χ4n) is 2.78. The molecule has 0 fully saturated rings. The zero-order valence-corrected chi connectivity index (χ0v) is 16.6. The van der Waals surface area contributed by atoms with Crippen LogP contribution in [0.1, 0.15) is 41.6 Å². The average Bonchev–Trinajstić information content (AvgIpc) is 3.39. The number of thiophene rings is 1. The number of carbonyl (C=O) groups is 1. The number of nitrogens with one attached hydrogen (secondary N) is 2. The van der Waals surface area contributed by atoms with E-state index in [0.717, 1.165) is 16.6 Å². The van der Waals surface area contributed by atoms with Crippen molar-refractivity contribution in [2.45, 2.75) is 29.7 Å². The van der Waals surface area contributed by atoms with Gasteiger partial charge in [0, 0.05) is 28.5 Å². The normalized spacial score (nSPS) is 11.4. The number of amides is 1. The minimum absolute atomic E-state index is 0.283. The summed E-state index contributed by atoms with van der Waals surface area (Å²) in [5, 5.41) is 13.0.